The third-order valence-electron chi connectivity index (χ3n) is 4.87. The number of fused-ring (bicyclic) bond motifs is 1. The molecular weight excluding hydrogens is 411 g/mol. The van der Waals surface area contributed by atoms with Gasteiger partial charge in [-0.2, -0.15) is 5.10 Å². The Hall–Kier alpha value is -4.27. The minimum absolute atomic E-state index is 0.0848. The van der Waals surface area contributed by atoms with Gasteiger partial charge in [-0.15, -0.1) is 0 Å². The molecule has 0 saturated carbocycles. The molecule has 0 aliphatic heterocycles. The molecule has 0 aliphatic carbocycles. The van der Waals surface area contributed by atoms with Crippen LogP contribution in [0.3, 0.4) is 0 Å². The quantitative estimate of drug-likeness (QED) is 0.366. The number of aromatic amines is 1. The van der Waals surface area contributed by atoms with E-state index in [0.29, 0.717) is 28.1 Å². The molecule has 8 nitrogen and oxygen atoms in total. The Bertz CT molecular complexity index is 1240. The normalized spacial score (nSPS) is 11.7. The van der Waals surface area contributed by atoms with E-state index in [-0.39, 0.29) is 30.2 Å². The van der Waals surface area contributed by atoms with E-state index < -0.39 is 0 Å². The van der Waals surface area contributed by atoms with Crippen LogP contribution in [0.5, 0.6) is 0 Å². The van der Waals surface area contributed by atoms with Crippen LogP contribution < -0.4 is 16.0 Å². The molecule has 4 N–H and O–H groups in total. The maximum absolute atomic E-state index is 13.0. The number of aromatic nitrogens is 3. The zero-order chi connectivity index (χ0) is 22.5. The number of pyridine rings is 1. The van der Waals surface area contributed by atoms with Crippen LogP contribution >= 0.6 is 0 Å². The van der Waals surface area contributed by atoms with Gasteiger partial charge in [-0.05, 0) is 30.2 Å². The lowest BCUT2D eigenvalue weighted by atomic mass is 10.1. The number of H-pyrrole nitrogens is 1. The third kappa shape index (κ3) is 5.07. The summed E-state index contributed by atoms with van der Waals surface area (Å²) in [6, 6.07) is 16.4. The van der Waals surface area contributed by atoms with Crippen molar-refractivity contribution < 1.29 is 14.0 Å². The van der Waals surface area contributed by atoms with Crippen molar-refractivity contribution in [3.05, 3.63) is 83.8 Å². The molecule has 0 unspecified atom stereocenters. The lowest BCUT2D eigenvalue weighted by Gasteiger charge is -2.14. The number of rotatable bonds is 6. The van der Waals surface area contributed by atoms with Crippen LogP contribution in [0.15, 0.2) is 66.9 Å². The lowest BCUT2D eigenvalue weighted by Crippen LogP contribution is -2.31. The van der Waals surface area contributed by atoms with Gasteiger partial charge in [-0.25, -0.2) is 14.2 Å². The van der Waals surface area contributed by atoms with Gasteiger partial charge >= 0.3 is 6.03 Å². The van der Waals surface area contributed by atoms with Gasteiger partial charge in [-0.1, -0.05) is 42.5 Å². The number of carbonyl (C=O) groups is 2. The van der Waals surface area contributed by atoms with Gasteiger partial charge in [0.1, 0.15) is 11.6 Å². The average molecular weight is 432 g/mol. The second-order valence-corrected chi connectivity index (χ2v) is 7.27. The number of nitrogens with one attached hydrogen (secondary N) is 4. The number of carbonyl (C=O) groups excluding carboxylic acids is 2. The molecule has 0 radical (unpaired) electrons. The molecule has 3 amide bonds. The number of hydrogen-bond donors (Lipinski definition) is 4. The van der Waals surface area contributed by atoms with E-state index >= 15 is 0 Å². The monoisotopic (exact) mass is 432 g/mol. The highest BCUT2D eigenvalue weighted by Crippen LogP contribution is 2.22. The average Bonchev–Trinajstić information content (AvgIpc) is 3.17. The molecule has 0 saturated heterocycles. The van der Waals surface area contributed by atoms with Crippen LogP contribution in [-0.2, 0) is 11.2 Å². The number of halogens is 1. The Morgan fingerprint density at radius 3 is 2.56 bits per heavy atom. The molecule has 4 aromatic rings. The van der Waals surface area contributed by atoms with Crippen LogP contribution in [0.4, 0.5) is 20.8 Å². The maximum Gasteiger partial charge on any atom is 0.320 e. The van der Waals surface area contributed by atoms with Crippen LogP contribution in [-0.4, -0.2) is 27.1 Å². The summed E-state index contributed by atoms with van der Waals surface area (Å²) in [6.07, 6.45) is 1.60. The van der Waals surface area contributed by atoms with E-state index in [1.54, 1.807) is 18.2 Å². The Kier molecular flexibility index (Phi) is 6.07. The molecular formula is C23H21FN6O2. The van der Waals surface area contributed by atoms with Gasteiger partial charge in [-0.3, -0.25) is 15.2 Å². The molecule has 9 heteroatoms. The molecule has 0 spiro atoms. The highest BCUT2D eigenvalue weighted by atomic mass is 19.1. The van der Waals surface area contributed by atoms with Crippen molar-refractivity contribution in [1.82, 2.24) is 20.5 Å². The lowest BCUT2D eigenvalue weighted by molar-refractivity contribution is -0.115. The molecule has 4 rings (SSSR count). The molecule has 2 aromatic carbocycles. The number of benzene rings is 2. The van der Waals surface area contributed by atoms with Crippen molar-refractivity contribution in [2.75, 3.05) is 10.6 Å². The second kappa shape index (κ2) is 9.25. The second-order valence-electron chi connectivity index (χ2n) is 7.27. The van der Waals surface area contributed by atoms with Crippen molar-refractivity contribution in [3.8, 4) is 0 Å². The predicted octanol–water partition coefficient (Wildman–Crippen LogP) is 4.16. The Morgan fingerprint density at radius 1 is 1.06 bits per heavy atom. The van der Waals surface area contributed by atoms with E-state index in [1.807, 2.05) is 37.3 Å². The third-order valence-corrected chi connectivity index (χ3v) is 4.87. The van der Waals surface area contributed by atoms with Crippen LogP contribution in [0.1, 0.15) is 24.1 Å². The van der Waals surface area contributed by atoms with Gasteiger partial charge in [0.05, 0.1) is 23.4 Å². The summed E-state index contributed by atoms with van der Waals surface area (Å²) in [7, 11) is 0. The Balaban J connectivity index is 1.38. The molecule has 2 heterocycles. The number of anilines is 2. The summed E-state index contributed by atoms with van der Waals surface area (Å²) < 4.78 is 13.0. The zero-order valence-electron chi connectivity index (χ0n) is 17.2. The summed E-state index contributed by atoms with van der Waals surface area (Å²) in [4.78, 5) is 28.8. The molecule has 162 valence electrons. The molecule has 2 aromatic heterocycles. The standard InChI is InChI=1S/C23H21FN6O2/c1-14(16-5-3-2-4-6-16)26-23(32)27-20-12-19-18(13-25-20)22(30-29-19)28-21(31)11-15-7-9-17(24)10-8-15/h2-10,12-14H,11H2,1H3,(H2,25,26,27,32)(H2,28,29,30,31)/t14-/m1/s1. The molecule has 0 fully saturated rings. The summed E-state index contributed by atoms with van der Waals surface area (Å²) in [5.74, 6) is 0.0176. The minimum atomic E-state index is -0.388. The van der Waals surface area contributed by atoms with Crippen molar-refractivity contribution in [2.24, 2.45) is 0 Å². The van der Waals surface area contributed by atoms with Gasteiger partial charge < -0.3 is 10.6 Å². The van der Waals surface area contributed by atoms with Crippen molar-refractivity contribution in [3.63, 3.8) is 0 Å². The smallest absolute Gasteiger partial charge is 0.320 e. The van der Waals surface area contributed by atoms with Gasteiger partial charge in [0.15, 0.2) is 5.82 Å². The van der Waals surface area contributed by atoms with Gasteiger partial charge in [0.2, 0.25) is 5.91 Å². The molecule has 1 atom stereocenters. The number of amides is 3. The maximum atomic E-state index is 13.0. The van der Waals surface area contributed by atoms with Gasteiger partial charge in [0.25, 0.3) is 0 Å². The SMILES string of the molecule is C[C@@H](NC(=O)Nc1cc2[nH]nc(NC(=O)Cc3ccc(F)cc3)c2cn1)c1ccccc1. The van der Waals surface area contributed by atoms with Crippen molar-refractivity contribution in [1.29, 1.82) is 0 Å². The topological polar surface area (TPSA) is 112 Å². The summed E-state index contributed by atoms with van der Waals surface area (Å²) in [6.45, 7) is 1.89. The van der Waals surface area contributed by atoms with E-state index in [9.17, 15) is 14.0 Å². The zero-order valence-corrected chi connectivity index (χ0v) is 17.2. The van der Waals surface area contributed by atoms with E-state index in [0.717, 1.165) is 5.56 Å². The Labute approximate surface area is 183 Å². The van der Waals surface area contributed by atoms with Crippen LogP contribution in [0.25, 0.3) is 10.9 Å². The summed E-state index contributed by atoms with van der Waals surface area (Å²) >= 11 is 0. The van der Waals surface area contributed by atoms with E-state index in [1.165, 1.54) is 18.3 Å². The van der Waals surface area contributed by atoms with Crippen LogP contribution in [0.2, 0.25) is 0 Å². The fourth-order valence-corrected chi connectivity index (χ4v) is 3.21. The number of hydrogen-bond acceptors (Lipinski definition) is 4. The first kappa shape index (κ1) is 21.0. The Morgan fingerprint density at radius 2 is 1.81 bits per heavy atom. The fourth-order valence-electron chi connectivity index (χ4n) is 3.21. The summed E-state index contributed by atoms with van der Waals surface area (Å²) in [5.41, 5.74) is 2.27. The molecule has 0 bridgehead atoms. The van der Waals surface area contributed by atoms with Gasteiger partial charge in [0, 0.05) is 12.3 Å². The van der Waals surface area contributed by atoms with Crippen LogP contribution in [0, 0.1) is 5.82 Å². The highest BCUT2D eigenvalue weighted by molar-refractivity contribution is 6.01. The predicted molar refractivity (Wildman–Crippen MR) is 120 cm³/mol. The number of nitrogens with zero attached hydrogens (tertiary/aromatic N) is 2. The highest BCUT2D eigenvalue weighted by Gasteiger charge is 2.13. The largest absolute Gasteiger partial charge is 0.331 e. The number of urea groups is 1. The first-order valence-electron chi connectivity index (χ1n) is 9.99. The molecule has 32 heavy (non-hydrogen) atoms. The summed E-state index contributed by atoms with van der Waals surface area (Å²) in [5, 5.41) is 15.8. The first-order valence-corrected chi connectivity index (χ1v) is 9.99. The molecule has 0 aliphatic rings. The minimum Gasteiger partial charge on any atom is -0.331 e. The fraction of sp³-hybridized carbons (Fsp3) is 0.130. The van der Waals surface area contributed by atoms with Crippen molar-refractivity contribution >= 4 is 34.5 Å². The van der Waals surface area contributed by atoms with E-state index in [2.05, 4.69) is 31.1 Å². The van der Waals surface area contributed by atoms with E-state index in [4.69, 9.17) is 0 Å². The van der Waals surface area contributed by atoms with Crippen molar-refractivity contribution in [2.45, 2.75) is 19.4 Å². The first-order chi connectivity index (χ1) is 15.5.